The molecule has 2 fully saturated rings. The van der Waals surface area contributed by atoms with E-state index in [1.807, 2.05) is 12.1 Å². The maximum atomic E-state index is 6.21. The highest BCUT2D eigenvalue weighted by Gasteiger charge is 2.50. The molecular weight excluding hydrogens is 270 g/mol. The summed E-state index contributed by atoms with van der Waals surface area (Å²) in [7, 11) is 2.22. The molecule has 2 N–H and O–H groups in total. The second-order valence-electron chi connectivity index (χ2n) is 6.24. The minimum absolute atomic E-state index is 0.138. The van der Waals surface area contributed by atoms with Gasteiger partial charge in [-0.05, 0) is 50.6 Å². The zero-order chi connectivity index (χ0) is 14.2. The Hall–Kier alpha value is -0.610. The normalized spacial score (nSPS) is 30.1. The maximum Gasteiger partial charge on any atom is 0.0499 e. The van der Waals surface area contributed by atoms with E-state index >= 15 is 0 Å². The summed E-state index contributed by atoms with van der Waals surface area (Å²) in [6, 6.07) is 8.80. The van der Waals surface area contributed by atoms with E-state index in [1.165, 1.54) is 37.9 Å². The van der Waals surface area contributed by atoms with Gasteiger partial charge in [-0.15, -0.1) is 0 Å². The Bertz CT molecular complexity index is 479. The van der Waals surface area contributed by atoms with Crippen molar-refractivity contribution in [2.24, 2.45) is 5.73 Å². The summed E-state index contributed by atoms with van der Waals surface area (Å²) >= 11 is 6.09. The van der Waals surface area contributed by atoms with Crippen LogP contribution in [0.25, 0.3) is 0 Å². The zero-order valence-electron chi connectivity index (χ0n) is 12.2. The highest BCUT2D eigenvalue weighted by atomic mass is 35.5. The summed E-state index contributed by atoms with van der Waals surface area (Å²) in [5.41, 5.74) is 7.62. The average molecular weight is 294 g/mol. The predicted molar refractivity (Wildman–Crippen MR) is 83.9 cm³/mol. The van der Waals surface area contributed by atoms with Crippen molar-refractivity contribution >= 4 is 11.6 Å². The second kappa shape index (κ2) is 5.64. The number of nitrogens with zero attached hydrogens (tertiary/aromatic N) is 2. The van der Waals surface area contributed by atoms with Crippen LogP contribution in [0.15, 0.2) is 24.3 Å². The van der Waals surface area contributed by atoms with Crippen molar-refractivity contribution in [2.75, 3.05) is 26.7 Å². The fourth-order valence-electron chi connectivity index (χ4n) is 4.11. The second-order valence-corrected chi connectivity index (χ2v) is 6.67. The number of likely N-dealkylation sites (N-methyl/N-ethyl adjacent to an activating group) is 1. The average Bonchev–Trinajstić information content (AvgIpc) is 3.00. The van der Waals surface area contributed by atoms with E-state index in [2.05, 4.69) is 29.0 Å². The Labute approximate surface area is 126 Å². The van der Waals surface area contributed by atoms with Gasteiger partial charge in [0.05, 0.1) is 0 Å². The smallest absolute Gasteiger partial charge is 0.0499 e. The number of rotatable bonds is 4. The highest BCUT2D eigenvalue weighted by molar-refractivity contribution is 6.30. The van der Waals surface area contributed by atoms with E-state index < -0.39 is 0 Å². The molecule has 2 saturated heterocycles. The number of nitrogens with two attached hydrogens (primary N) is 1. The van der Waals surface area contributed by atoms with Gasteiger partial charge in [-0.1, -0.05) is 23.7 Å². The Morgan fingerprint density at radius 1 is 1.45 bits per heavy atom. The SMILES string of the molecule is CN(Cc1cccc(Cl)c1)C1(CN)CCN2CCCC21. The van der Waals surface area contributed by atoms with Gasteiger partial charge >= 0.3 is 0 Å². The van der Waals surface area contributed by atoms with Crippen molar-refractivity contribution in [3.8, 4) is 0 Å². The first kappa shape index (κ1) is 14.3. The molecule has 1 aromatic carbocycles. The number of fused-ring (bicyclic) bond motifs is 1. The van der Waals surface area contributed by atoms with Crippen molar-refractivity contribution in [3.05, 3.63) is 34.9 Å². The molecule has 0 bridgehead atoms. The Balaban J connectivity index is 1.79. The fraction of sp³-hybridized carbons (Fsp3) is 0.625. The van der Waals surface area contributed by atoms with Crippen molar-refractivity contribution in [3.63, 3.8) is 0 Å². The van der Waals surface area contributed by atoms with E-state index in [1.54, 1.807) is 0 Å². The van der Waals surface area contributed by atoms with E-state index in [-0.39, 0.29) is 5.54 Å². The summed E-state index contributed by atoms with van der Waals surface area (Å²) in [5, 5.41) is 0.812. The monoisotopic (exact) mass is 293 g/mol. The van der Waals surface area contributed by atoms with Crippen LogP contribution in [0.3, 0.4) is 0 Å². The highest BCUT2D eigenvalue weighted by Crippen LogP contribution is 2.39. The molecule has 2 heterocycles. The van der Waals surface area contributed by atoms with Crippen LogP contribution in [0.4, 0.5) is 0 Å². The van der Waals surface area contributed by atoms with Gasteiger partial charge in [-0.25, -0.2) is 0 Å². The summed E-state index contributed by atoms with van der Waals surface area (Å²) in [6.45, 7) is 4.10. The number of benzene rings is 1. The van der Waals surface area contributed by atoms with Gasteiger partial charge in [0.2, 0.25) is 0 Å². The Kier molecular flexibility index (Phi) is 4.04. The lowest BCUT2D eigenvalue weighted by Gasteiger charge is -2.42. The summed E-state index contributed by atoms with van der Waals surface area (Å²) in [4.78, 5) is 5.09. The quantitative estimate of drug-likeness (QED) is 0.925. The van der Waals surface area contributed by atoms with Crippen molar-refractivity contribution in [1.29, 1.82) is 0 Å². The van der Waals surface area contributed by atoms with Crippen LogP contribution in [0.5, 0.6) is 0 Å². The third-order valence-electron chi connectivity index (χ3n) is 5.24. The first-order valence-corrected chi connectivity index (χ1v) is 7.93. The molecule has 2 atom stereocenters. The molecule has 3 rings (SSSR count). The van der Waals surface area contributed by atoms with E-state index in [4.69, 9.17) is 17.3 Å². The molecule has 0 aromatic heterocycles. The summed E-state index contributed by atoms with van der Waals surface area (Å²) < 4.78 is 0. The fourth-order valence-corrected chi connectivity index (χ4v) is 4.32. The standard InChI is InChI=1S/C16H24ClN3/c1-19(11-13-4-2-5-14(17)10-13)16(12-18)7-9-20-8-3-6-15(16)20/h2,4-5,10,15H,3,6-9,11-12,18H2,1H3. The molecule has 0 amide bonds. The number of hydrogen-bond donors (Lipinski definition) is 1. The van der Waals surface area contributed by atoms with Crippen molar-refractivity contribution in [1.82, 2.24) is 9.80 Å². The van der Waals surface area contributed by atoms with Gasteiger partial charge in [0.25, 0.3) is 0 Å². The van der Waals surface area contributed by atoms with Crippen molar-refractivity contribution in [2.45, 2.75) is 37.4 Å². The molecule has 0 radical (unpaired) electrons. The number of halogens is 1. The lowest BCUT2D eigenvalue weighted by Crippen LogP contribution is -2.58. The van der Waals surface area contributed by atoms with Crippen LogP contribution >= 0.6 is 11.6 Å². The van der Waals surface area contributed by atoms with Gasteiger partial charge < -0.3 is 5.73 Å². The Morgan fingerprint density at radius 2 is 2.30 bits per heavy atom. The maximum absolute atomic E-state index is 6.21. The van der Waals surface area contributed by atoms with E-state index in [0.717, 1.165) is 18.1 Å². The molecule has 0 saturated carbocycles. The van der Waals surface area contributed by atoms with Gasteiger partial charge in [0.15, 0.2) is 0 Å². The minimum Gasteiger partial charge on any atom is -0.329 e. The largest absolute Gasteiger partial charge is 0.329 e. The third kappa shape index (κ3) is 2.37. The third-order valence-corrected chi connectivity index (χ3v) is 5.47. The Morgan fingerprint density at radius 3 is 3.05 bits per heavy atom. The molecule has 2 unspecified atom stereocenters. The zero-order valence-corrected chi connectivity index (χ0v) is 12.9. The van der Waals surface area contributed by atoms with Crippen LogP contribution in [0.1, 0.15) is 24.8 Å². The molecule has 3 nitrogen and oxygen atoms in total. The molecule has 2 aliphatic rings. The van der Waals surface area contributed by atoms with Crippen LogP contribution < -0.4 is 5.73 Å². The summed E-state index contributed by atoms with van der Waals surface area (Å²) in [6.07, 6.45) is 3.79. The van der Waals surface area contributed by atoms with Crippen LogP contribution in [0, 0.1) is 0 Å². The molecule has 0 aliphatic carbocycles. The van der Waals surface area contributed by atoms with Gasteiger partial charge in [-0.3, -0.25) is 9.80 Å². The van der Waals surface area contributed by atoms with Gasteiger partial charge in [0, 0.05) is 36.2 Å². The van der Waals surface area contributed by atoms with Crippen LogP contribution in [-0.2, 0) is 6.54 Å². The lowest BCUT2D eigenvalue weighted by molar-refractivity contribution is 0.0841. The summed E-state index contributed by atoms with van der Waals surface area (Å²) in [5.74, 6) is 0. The van der Waals surface area contributed by atoms with Gasteiger partial charge in [-0.2, -0.15) is 0 Å². The number of hydrogen-bond acceptors (Lipinski definition) is 3. The molecule has 2 aliphatic heterocycles. The first-order valence-electron chi connectivity index (χ1n) is 7.55. The van der Waals surface area contributed by atoms with Crippen molar-refractivity contribution < 1.29 is 0 Å². The molecular formula is C16H24ClN3. The van der Waals surface area contributed by atoms with Crippen LogP contribution in [-0.4, -0.2) is 48.1 Å². The first-order chi connectivity index (χ1) is 9.65. The topological polar surface area (TPSA) is 32.5 Å². The molecule has 1 aromatic rings. The van der Waals surface area contributed by atoms with E-state index in [9.17, 15) is 0 Å². The van der Waals surface area contributed by atoms with Gasteiger partial charge in [0.1, 0.15) is 0 Å². The molecule has 0 spiro atoms. The molecule has 4 heteroatoms. The lowest BCUT2D eigenvalue weighted by atomic mass is 9.86. The van der Waals surface area contributed by atoms with Crippen LogP contribution in [0.2, 0.25) is 5.02 Å². The molecule has 20 heavy (non-hydrogen) atoms. The molecule has 110 valence electrons. The predicted octanol–water partition coefficient (Wildman–Crippen LogP) is 2.34. The minimum atomic E-state index is 0.138. The van der Waals surface area contributed by atoms with E-state index in [0.29, 0.717) is 6.04 Å².